The molecule has 3 rings (SSSR count). The van der Waals surface area contributed by atoms with Crippen LogP contribution in [-0.4, -0.2) is 42.5 Å². The molecule has 6 heteroatoms. The zero-order valence-corrected chi connectivity index (χ0v) is 16.9. The second kappa shape index (κ2) is 9.54. The van der Waals surface area contributed by atoms with Crippen LogP contribution in [-0.2, 0) is 0 Å². The third kappa shape index (κ3) is 5.79. The molecule has 0 aromatic heterocycles. The third-order valence-corrected chi connectivity index (χ3v) is 4.90. The highest BCUT2D eigenvalue weighted by Gasteiger charge is 2.25. The highest BCUT2D eigenvalue weighted by molar-refractivity contribution is 5.94. The number of halogens is 1. The number of carbonyl (C=O) groups is 2. The summed E-state index contributed by atoms with van der Waals surface area (Å²) in [7, 11) is 0. The van der Waals surface area contributed by atoms with Crippen LogP contribution in [0.4, 0.5) is 4.39 Å². The van der Waals surface area contributed by atoms with E-state index in [4.69, 9.17) is 4.74 Å². The van der Waals surface area contributed by atoms with E-state index in [1.165, 1.54) is 12.1 Å². The first-order valence-corrected chi connectivity index (χ1v) is 10.0. The van der Waals surface area contributed by atoms with E-state index in [1.807, 2.05) is 13.8 Å². The fourth-order valence-corrected chi connectivity index (χ4v) is 3.45. The molecule has 1 saturated heterocycles. The quantitative estimate of drug-likeness (QED) is 0.803. The Morgan fingerprint density at radius 1 is 1.17 bits per heavy atom. The van der Waals surface area contributed by atoms with Crippen molar-refractivity contribution in [2.75, 3.05) is 19.7 Å². The Balaban J connectivity index is 1.53. The summed E-state index contributed by atoms with van der Waals surface area (Å²) in [6.45, 7) is 5.59. The lowest BCUT2D eigenvalue weighted by molar-refractivity contribution is 0.0633. The van der Waals surface area contributed by atoms with Gasteiger partial charge >= 0.3 is 0 Å². The van der Waals surface area contributed by atoms with Gasteiger partial charge in [0.1, 0.15) is 11.6 Å². The molecule has 154 valence electrons. The van der Waals surface area contributed by atoms with Crippen molar-refractivity contribution in [3.63, 3.8) is 0 Å². The van der Waals surface area contributed by atoms with Crippen LogP contribution in [0.3, 0.4) is 0 Å². The molecule has 2 aromatic carbocycles. The number of rotatable bonds is 6. The maximum atomic E-state index is 13.4. The van der Waals surface area contributed by atoms with Gasteiger partial charge in [-0.1, -0.05) is 6.07 Å². The van der Waals surface area contributed by atoms with Gasteiger partial charge in [0.2, 0.25) is 0 Å². The van der Waals surface area contributed by atoms with Gasteiger partial charge in [-0.2, -0.15) is 0 Å². The van der Waals surface area contributed by atoms with Crippen molar-refractivity contribution in [2.24, 2.45) is 5.92 Å². The molecule has 29 heavy (non-hydrogen) atoms. The SMILES string of the molecule is CC(C)NC(=O)c1ccc(OC[C@@H]2CCCN(C(=O)c3cccc(F)c3)C2)cc1. The van der Waals surface area contributed by atoms with Gasteiger partial charge in [0.25, 0.3) is 11.8 Å². The largest absolute Gasteiger partial charge is 0.493 e. The van der Waals surface area contributed by atoms with Gasteiger partial charge in [-0.3, -0.25) is 9.59 Å². The lowest BCUT2D eigenvalue weighted by Gasteiger charge is -2.32. The summed E-state index contributed by atoms with van der Waals surface area (Å²) in [5.41, 5.74) is 0.970. The van der Waals surface area contributed by atoms with E-state index < -0.39 is 5.82 Å². The molecule has 1 aliphatic rings. The minimum atomic E-state index is -0.404. The van der Waals surface area contributed by atoms with Crippen molar-refractivity contribution in [1.29, 1.82) is 0 Å². The van der Waals surface area contributed by atoms with Crippen molar-refractivity contribution in [2.45, 2.75) is 32.7 Å². The number of likely N-dealkylation sites (tertiary alicyclic amines) is 1. The van der Waals surface area contributed by atoms with Crippen molar-refractivity contribution in [3.8, 4) is 5.75 Å². The minimum absolute atomic E-state index is 0.0859. The molecule has 0 aliphatic carbocycles. The molecule has 1 fully saturated rings. The summed E-state index contributed by atoms with van der Waals surface area (Å²) >= 11 is 0. The standard InChI is InChI=1S/C23H27FN2O3/c1-16(2)25-22(27)18-8-10-21(11-9-18)29-15-17-5-4-12-26(14-17)23(28)19-6-3-7-20(24)13-19/h3,6-11,13,16-17H,4-5,12,14-15H2,1-2H3,(H,25,27)/t17-/m1/s1. The first-order valence-electron chi connectivity index (χ1n) is 10.0. The predicted molar refractivity (Wildman–Crippen MR) is 110 cm³/mol. The molecule has 0 bridgehead atoms. The van der Waals surface area contributed by atoms with Crippen molar-refractivity contribution in [1.82, 2.24) is 10.2 Å². The maximum absolute atomic E-state index is 13.4. The first-order chi connectivity index (χ1) is 13.9. The van der Waals surface area contributed by atoms with Crippen molar-refractivity contribution >= 4 is 11.8 Å². The number of nitrogens with zero attached hydrogens (tertiary/aromatic N) is 1. The number of carbonyl (C=O) groups excluding carboxylic acids is 2. The molecule has 5 nitrogen and oxygen atoms in total. The summed E-state index contributed by atoms with van der Waals surface area (Å²) in [4.78, 5) is 26.4. The van der Waals surface area contributed by atoms with Crippen LogP contribution >= 0.6 is 0 Å². The van der Waals surface area contributed by atoms with E-state index in [9.17, 15) is 14.0 Å². The Labute approximate surface area is 170 Å². The van der Waals surface area contributed by atoms with Crippen molar-refractivity contribution < 1.29 is 18.7 Å². The highest BCUT2D eigenvalue weighted by Crippen LogP contribution is 2.21. The molecule has 0 radical (unpaired) electrons. The molecule has 2 aromatic rings. The van der Waals surface area contributed by atoms with Crippen LogP contribution < -0.4 is 10.1 Å². The van der Waals surface area contributed by atoms with Gasteiger partial charge in [0.05, 0.1) is 6.61 Å². The molecular weight excluding hydrogens is 371 g/mol. The smallest absolute Gasteiger partial charge is 0.253 e. The Hall–Kier alpha value is -2.89. The Morgan fingerprint density at radius 2 is 1.93 bits per heavy atom. The molecular formula is C23H27FN2O3. The lowest BCUT2D eigenvalue weighted by atomic mass is 9.98. The summed E-state index contributed by atoms with van der Waals surface area (Å²) in [6, 6.07) is 13.0. The summed E-state index contributed by atoms with van der Waals surface area (Å²) < 4.78 is 19.3. The molecule has 1 heterocycles. The molecule has 1 aliphatic heterocycles. The molecule has 0 unspecified atom stereocenters. The molecule has 1 N–H and O–H groups in total. The van der Waals surface area contributed by atoms with Gasteiger partial charge < -0.3 is 15.0 Å². The normalized spacial score (nSPS) is 16.6. The van der Waals surface area contributed by atoms with E-state index in [2.05, 4.69) is 5.32 Å². The van der Waals surface area contributed by atoms with Crippen LogP contribution in [0.5, 0.6) is 5.75 Å². The fourth-order valence-electron chi connectivity index (χ4n) is 3.45. The van der Waals surface area contributed by atoms with E-state index >= 15 is 0 Å². The first kappa shape index (κ1) is 20.8. The molecule has 0 saturated carbocycles. The average molecular weight is 398 g/mol. The molecule has 1 atom stereocenters. The fraction of sp³-hybridized carbons (Fsp3) is 0.391. The minimum Gasteiger partial charge on any atom is -0.493 e. The zero-order chi connectivity index (χ0) is 20.8. The number of hydrogen-bond donors (Lipinski definition) is 1. The Bertz CT molecular complexity index is 851. The van der Waals surface area contributed by atoms with Gasteiger partial charge in [0.15, 0.2) is 0 Å². The monoisotopic (exact) mass is 398 g/mol. The topological polar surface area (TPSA) is 58.6 Å². The summed E-state index contributed by atoms with van der Waals surface area (Å²) in [6.07, 6.45) is 1.87. The van der Waals surface area contributed by atoms with E-state index in [0.717, 1.165) is 12.8 Å². The van der Waals surface area contributed by atoms with Crippen LogP contribution in [0.2, 0.25) is 0 Å². The predicted octanol–water partition coefficient (Wildman–Crippen LogP) is 3.90. The Morgan fingerprint density at radius 3 is 2.62 bits per heavy atom. The van der Waals surface area contributed by atoms with Crippen molar-refractivity contribution in [3.05, 3.63) is 65.5 Å². The van der Waals surface area contributed by atoms with E-state index in [0.29, 0.717) is 36.6 Å². The average Bonchev–Trinajstić information content (AvgIpc) is 2.72. The van der Waals surface area contributed by atoms with Crippen LogP contribution in [0.15, 0.2) is 48.5 Å². The summed E-state index contributed by atoms with van der Waals surface area (Å²) in [5, 5.41) is 2.85. The van der Waals surface area contributed by atoms with Crippen LogP contribution in [0, 0.1) is 11.7 Å². The van der Waals surface area contributed by atoms with Gasteiger partial charge in [0, 0.05) is 36.2 Å². The Kier molecular flexibility index (Phi) is 6.86. The zero-order valence-electron chi connectivity index (χ0n) is 16.9. The number of amides is 2. The third-order valence-electron chi connectivity index (χ3n) is 4.90. The van der Waals surface area contributed by atoms with Gasteiger partial charge in [-0.15, -0.1) is 0 Å². The van der Waals surface area contributed by atoms with Crippen LogP contribution in [0.25, 0.3) is 0 Å². The second-order valence-corrected chi connectivity index (χ2v) is 7.73. The number of hydrogen-bond acceptors (Lipinski definition) is 3. The number of piperidine rings is 1. The van der Waals surface area contributed by atoms with E-state index in [1.54, 1.807) is 41.3 Å². The highest BCUT2D eigenvalue weighted by atomic mass is 19.1. The number of benzene rings is 2. The number of ether oxygens (including phenoxy) is 1. The number of nitrogens with one attached hydrogen (secondary N) is 1. The maximum Gasteiger partial charge on any atom is 0.253 e. The lowest BCUT2D eigenvalue weighted by Crippen LogP contribution is -2.41. The van der Waals surface area contributed by atoms with Crippen LogP contribution in [0.1, 0.15) is 47.4 Å². The van der Waals surface area contributed by atoms with Gasteiger partial charge in [-0.25, -0.2) is 4.39 Å². The molecule has 2 amide bonds. The second-order valence-electron chi connectivity index (χ2n) is 7.73. The van der Waals surface area contributed by atoms with E-state index in [-0.39, 0.29) is 23.8 Å². The van der Waals surface area contributed by atoms with Gasteiger partial charge in [-0.05, 0) is 69.2 Å². The summed E-state index contributed by atoms with van der Waals surface area (Å²) in [5.74, 6) is 0.253. The molecule has 0 spiro atoms.